The normalized spacial score (nSPS) is 22.1. The summed E-state index contributed by atoms with van der Waals surface area (Å²) >= 11 is 6.47. The molecular formula is C24H23ClO6. The second-order valence-corrected chi connectivity index (χ2v) is 8.01. The SMILES string of the molecule is COc1cc(OC)c2c(c1Cl)O[C@]1(C2=O)C(OCCc2ccccc2)=CC(=O)C[C@H]1C. The molecule has 4 rings (SSSR count). The summed E-state index contributed by atoms with van der Waals surface area (Å²) in [7, 11) is 2.93. The van der Waals surface area contributed by atoms with E-state index >= 15 is 0 Å². The maximum atomic E-state index is 13.7. The van der Waals surface area contributed by atoms with Crippen molar-refractivity contribution in [3.05, 3.63) is 64.4 Å². The maximum absolute atomic E-state index is 13.7. The van der Waals surface area contributed by atoms with E-state index in [-0.39, 0.29) is 40.1 Å². The molecule has 7 heteroatoms. The van der Waals surface area contributed by atoms with Crippen LogP contribution in [0.15, 0.2) is 48.2 Å². The van der Waals surface area contributed by atoms with Crippen molar-refractivity contribution >= 4 is 23.2 Å². The number of hydrogen-bond donors (Lipinski definition) is 0. The molecule has 1 aliphatic carbocycles. The molecule has 2 aliphatic rings. The Hall–Kier alpha value is -2.99. The highest BCUT2D eigenvalue weighted by molar-refractivity contribution is 6.35. The summed E-state index contributed by atoms with van der Waals surface area (Å²) in [6.45, 7) is 2.09. The topological polar surface area (TPSA) is 71.1 Å². The predicted molar refractivity (Wildman–Crippen MR) is 115 cm³/mol. The van der Waals surface area contributed by atoms with Gasteiger partial charge in [0.05, 0.1) is 20.8 Å². The highest BCUT2D eigenvalue weighted by Crippen LogP contribution is 2.54. The van der Waals surface area contributed by atoms with E-state index in [9.17, 15) is 9.59 Å². The number of fused-ring (bicyclic) bond motifs is 1. The molecule has 0 saturated carbocycles. The minimum atomic E-state index is -1.48. The van der Waals surface area contributed by atoms with E-state index in [4.69, 9.17) is 30.5 Å². The van der Waals surface area contributed by atoms with Crippen LogP contribution in [0.1, 0.15) is 29.3 Å². The summed E-state index contributed by atoms with van der Waals surface area (Å²) in [5.74, 6) is 0.101. The van der Waals surface area contributed by atoms with Crippen molar-refractivity contribution in [2.75, 3.05) is 20.8 Å². The zero-order valence-electron chi connectivity index (χ0n) is 17.6. The van der Waals surface area contributed by atoms with E-state index in [1.165, 1.54) is 20.3 Å². The molecule has 2 aromatic rings. The molecule has 2 atom stereocenters. The first-order valence-corrected chi connectivity index (χ1v) is 10.4. The molecule has 0 aromatic heterocycles. The van der Waals surface area contributed by atoms with Crippen molar-refractivity contribution in [2.45, 2.75) is 25.4 Å². The molecule has 1 spiro atoms. The van der Waals surface area contributed by atoms with Gasteiger partial charge in [-0.05, 0) is 5.56 Å². The Labute approximate surface area is 185 Å². The molecule has 1 heterocycles. The van der Waals surface area contributed by atoms with Crippen molar-refractivity contribution in [1.82, 2.24) is 0 Å². The number of allylic oxidation sites excluding steroid dienone is 1. The van der Waals surface area contributed by atoms with Crippen molar-refractivity contribution in [2.24, 2.45) is 5.92 Å². The predicted octanol–water partition coefficient (Wildman–Crippen LogP) is 4.42. The average molecular weight is 443 g/mol. The Morgan fingerprint density at radius 1 is 1.13 bits per heavy atom. The Balaban J connectivity index is 1.72. The highest BCUT2D eigenvalue weighted by atomic mass is 35.5. The fourth-order valence-electron chi connectivity index (χ4n) is 4.16. The molecule has 6 nitrogen and oxygen atoms in total. The molecule has 0 saturated heterocycles. The first kappa shape index (κ1) is 21.2. The van der Waals surface area contributed by atoms with Gasteiger partial charge in [0, 0.05) is 30.9 Å². The summed E-state index contributed by atoms with van der Waals surface area (Å²) in [5.41, 5.74) is -0.160. The zero-order valence-corrected chi connectivity index (χ0v) is 18.3. The molecular weight excluding hydrogens is 420 g/mol. The average Bonchev–Trinajstić information content (AvgIpc) is 3.08. The van der Waals surface area contributed by atoms with Crippen LogP contribution in [-0.4, -0.2) is 38.0 Å². The second-order valence-electron chi connectivity index (χ2n) is 7.63. The van der Waals surface area contributed by atoms with Gasteiger partial charge in [-0.15, -0.1) is 0 Å². The summed E-state index contributed by atoms with van der Waals surface area (Å²) in [4.78, 5) is 26.1. The number of Topliss-reactive ketones (excluding diaryl/α,β-unsaturated/α-hetero) is 1. The Morgan fingerprint density at radius 3 is 2.52 bits per heavy atom. The molecule has 162 valence electrons. The lowest BCUT2D eigenvalue weighted by Crippen LogP contribution is -2.51. The number of benzene rings is 2. The van der Waals surface area contributed by atoms with E-state index in [1.807, 2.05) is 30.3 Å². The minimum Gasteiger partial charge on any atom is -0.496 e. The van der Waals surface area contributed by atoms with Gasteiger partial charge in [0.1, 0.15) is 22.1 Å². The van der Waals surface area contributed by atoms with Gasteiger partial charge in [0.15, 0.2) is 17.3 Å². The van der Waals surface area contributed by atoms with Crippen LogP contribution in [0.4, 0.5) is 0 Å². The maximum Gasteiger partial charge on any atom is 0.231 e. The standard InChI is InChI=1S/C24H23ClO6/c1-14-11-16(26)12-19(30-10-9-15-7-5-4-6-8-15)24(14)23(27)20-17(28-2)13-18(29-3)21(25)22(20)31-24/h4-8,12-14H,9-11H2,1-3H3/t14-,24+/m1/s1. The third-order valence-electron chi connectivity index (χ3n) is 5.77. The monoisotopic (exact) mass is 442 g/mol. The number of carbonyl (C=O) groups excluding carboxylic acids is 2. The fourth-order valence-corrected chi connectivity index (χ4v) is 4.43. The Kier molecular flexibility index (Phi) is 5.67. The first-order valence-electron chi connectivity index (χ1n) is 10.0. The first-order chi connectivity index (χ1) is 14.9. The van der Waals surface area contributed by atoms with E-state index in [0.717, 1.165) is 5.56 Å². The van der Waals surface area contributed by atoms with Crippen LogP contribution in [0, 0.1) is 5.92 Å². The van der Waals surface area contributed by atoms with Gasteiger partial charge in [0.2, 0.25) is 11.4 Å². The van der Waals surface area contributed by atoms with Gasteiger partial charge in [0.25, 0.3) is 0 Å². The molecule has 0 amide bonds. The van der Waals surface area contributed by atoms with E-state index in [0.29, 0.717) is 24.5 Å². The van der Waals surface area contributed by atoms with E-state index in [1.54, 1.807) is 13.0 Å². The lowest BCUT2D eigenvalue weighted by Gasteiger charge is -2.37. The molecule has 0 bridgehead atoms. The molecule has 0 fully saturated rings. The molecule has 0 radical (unpaired) electrons. The number of methoxy groups -OCH3 is 2. The van der Waals surface area contributed by atoms with Gasteiger partial charge in [-0.2, -0.15) is 0 Å². The van der Waals surface area contributed by atoms with Gasteiger partial charge in [-0.1, -0.05) is 48.9 Å². The summed E-state index contributed by atoms with van der Waals surface area (Å²) in [6, 6.07) is 11.4. The lowest BCUT2D eigenvalue weighted by atomic mass is 9.75. The number of halogens is 1. The molecule has 0 unspecified atom stereocenters. The third-order valence-corrected chi connectivity index (χ3v) is 6.13. The van der Waals surface area contributed by atoms with Gasteiger partial charge in [-0.25, -0.2) is 0 Å². The number of ether oxygens (including phenoxy) is 4. The van der Waals surface area contributed by atoms with Gasteiger partial charge in [-0.3, -0.25) is 9.59 Å². The Bertz CT molecular complexity index is 1060. The van der Waals surface area contributed by atoms with Crippen LogP contribution in [0.5, 0.6) is 17.2 Å². The largest absolute Gasteiger partial charge is 0.496 e. The van der Waals surface area contributed by atoms with Crippen molar-refractivity contribution in [3.8, 4) is 17.2 Å². The number of rotatable bonds is 6. The van der Waals surface area contributed by atoms with Crippen LogP contribution in [0.3, 0.4) is 0 Å². The van der Waals surface area contributed by atoms with Crippen LogP contribution in [0.2, 0.25) is 5.02 Å². The highest BCUT2D eigenvalue weighted by Gasteiger charge is 2.60. The Morgan fingerprint density at radius 2 is 1.84 bits per heavy atom. The quantitative estimate of drug-likeness (QED) is 0.659. The minimum absolute atomic E-state index is 0.115. The van der Waals surface area contributed by atoms with Gasteiger partial charge >= 0.3 is 0 Å². The number of hydrogen-bond acceptors (Lipinski definition) is 6. The van der Waals surface area contributed by atoms with Crippen LogP contribution in [0.25, 0.3) is 0 Å². The molecule has 1 aliphatic heterocycles. The van der Waals surface area contributed by atoms with E-state index in [2.05, 4.69) is 0 Å². The van der Waals surface area contributed by atoms with Crippen molar-refractivity contribution in [3.63, 3.8) is 0 Å². The molecule has 31 heavy (non-hydrogen) atoms. The molecule has 2 aromatic carbocycles. The van der Waals surface area contributed by atoms with Crippen molar-refractivity contribution < 1.29 is 28.5 Å². The smallest absolute Gasteiger partial charge is 0.231 e. The fraction of sp³-hybridized carbons (Fsp3) is 0.333. The van der Waals surface area contributed by atoms with Gasteiger partial charge < -0.3 is 18.9 Å². The number of ketones is 2. The van der Waals surface area contributed by atoms with Crippen LogP contribution < -0.4 is 14.2 Å². The molecule has 0 N–H and O–H groups in total. The zero-order chi connectivity index (χ0) is 22.2. The van der Waals surface area contributed by atoms with Crippen molar-refractivity contribution in [1.29, 1.82) is 0 Å². The van der Waals surface area contributed by atoms with Crippen LogP contribution in [-0.2, 0) is 16.0 Å². The summed E-state index contributed by atoms with van der Waals surface area (Å²) < 4.78 is 23.0. The second kappa shape index (κ2) is 8.27. The third kappa shape index (κ3) is 3.45. The van der Waals surface area contributed by atoms with E-state index < -0.39 is 11.5 Å². The number of carbonyl (C=O) groups is 2. The lowest BCUT2D eigenvalue weighted by molar-refractivity contribution is -0.118. The van der Waals surface area contributed by atoms with Crippen LogP contribution >= 0.6 is 11.6 Å². The summed E-state index contributed by atoms with van der Waals surface area (Å²) in [5, 5.41) is 0.177. The summed E-state index contributed by atoms with van der Waals surface area (Å²) in [6.07, 6.45) is 2.14.